The van der Waals surface area contributed by atoms with E-state index >= 15 is 0 Å². The zero-order valence-corrected chi connectivity index (χ0v) is 15.9. The quantitative estimate of drug-likeness (QED) is 0.738. The maximum atomic E-state index is 13.0. The van der Waals surface area contributed by atoms with Gasteiger partial charge in [0, 0.05) is 24.1 Å². The fourth-order valence-corrected chi connectivity index (χ4v) is 4.12. The molecule has 5 nitrogen and oxygen atoms in total. The van der Waals surface area contributed by atoms with Crippen LogP contribution in [0.5, 0.6) is 0 Å². The van der Waals surface area contributed by atoms with Gasteiger partial charge in [-0.05, 0) is 37.7 Å². The Bertz CT molecular complexity index is 734. The van der Waals surface area contributed by atoms with Gasteiger partial charge in [0.05, 0.1) is 5.92 Å². The second kappa shape index (κ2) is 7.39. The maximum absolute atomic E-state index is 13.0. The van der Waals surface area contributed by atoms with Crippen LogP contribution in [0, 0.1) is 11.8 Å². The molecule has 2 saturated carbocycles. The third kappa shape index (κ3) is 3.37. The summed E-state index contributed by atoms with van der Waals surface area (Å²) in [7, 11) is 1.60. The number of ether oxygens (including phenoxy) is 1. The van der Waals surface area contributed by atoms with Crippen LogP contribution in [0.25, 0.3) is 0 Å². The van der Waals surface area contributed by atoms with Gasteiger partial charge >= 0.3 is 5.97 Å². The molecule has 6 heteroatoms. The van der Waals surface area contributed by atoms with Crippen LogP contribution < -0.4 is 0 Å². The van der Waals surface area contributed by atoms with Gasteiger partial charge in [0.25, 0.3) is 5.91 Å². The summed E-state index contributed by atoms with van der Waals surface area (Å²) in [5.41, 5.74) is -0.447. The Morgan fingerprint density at radius 2 is 2.00 bits per heavy atom. The molecular formula is C20H24ClNO4. The predicted molar refractivity (Wildman–Crippen MR) is 97.6 cm³/mol. The van der Waals surface area contributed by atoms with E-state index in [1.165, 1.54) is 4.90 Å². The zero-order valence-electron chi connectivity index (χ0n) is 15.2. The summed E-state index contributed by atoms with van der Waals surface area (Å²) < 4.78 is 5.18. The summed E-state index contributed by atoms with van der Waals surface area (Å²) in [6.07, 6.45) is 3.37. The van der Waals surface area contributed by atoms with Crippen molar-refractivity contribution in [2.45, 2.75) is 44.6 Å². The average molecular weight is 378 g/mol. The maximum Gasteiger partial charge on any atom is 0.309 e. The largest absolute Gasteiger partial charge is 0.455 e. The van der Waals surface area contributed by atoms with Crippen molar-refractivity contribution >= 4 is 29.3 Å². The second-order valence-corrected chi connectivity index (χ2v) is 7.76. The molecular weight excluding hydrogens is 354 g/mol. The minimum Gasteiger partial charge on any atom is -0.455 e. The van der Waals surface area contributed by atoms with Gasteiger partial charge in [0.1, 0.15) is 5.54 Å². The van der Waals surface area contributed by atoms with Crippen molar-refractivity contribution in [3.63, 3.8) is 0 Å². The highest BCUT2D eigenvalue weighted by Gasteiger charge is 2.48. The number of carbonyl (C=O) groups is 3. The molecule has 1 aromatic carbocycles. The first kappa shape index (κ1) is 18.9. The lowest BCUT2D eigenvalue weighted by Gasteiger charge is -2.43. The molecule has 26 heavy (non-hydrogen) atoms. The molecule has 1 aromatic rings. The van der Waals surface area contributed by atoms with E-state index in [1.54, 1.807) is 25.2 Å². The molecule has 0 saturated heterocycles. The molecule has 2 aliphatic rings. The highest BCUT2D eigenvalue weighted by Crippen LogP contribution is 2.42. The lowest BCUT2D eigenvalue weighted by atomic mass is 9.74. The van der Waals surface area contributed by atoms with Crippen LogP contribution in [0.2, 0.25) is 5.02 Å². The van der Waals surface area contributed by atoms with E-state index in [2.05, 4.69) is 0 Å². The standard InChI is InChI=1S/C20H24ClNO4/c1-13-11-14(13)19(25)26-12-18(24)22(2)20(10-6-5-9-17(20)23)15-7-3-4-8-16(15)21/h3-4,7-8,13-14H,5-6,9-12H2,1-2H3/t13-,14-,20+/m1/s1. The molecule has 0 unspecified atom stereocenters. The van der Waals surface area contributed by atoms with E-state index in [0.29, 0.717) is 29.3 Å². The normalized spacial score (nSPS) is 27.7. The smallest absolute Gasteiger partial charge is 0.309 e. The summed E-state index contributed by atoms with van der Waals surface area (Å²) in [6, 6.07) is 7.14. The van der Waals surface area contributed by atoms with Crippen LogP contribution in [-0.4, -0.2) is 36.2 Å². The summed E-state index contributed by atoms with van der Waals surface area (Å²) >= 11 is 6.38. The Hall–Kier alpha value is -1.88. The van der Waals surface area contributed by atoms with Crippen LogP contribution in [0.15, 0.2) is 24.3 Å². The van der Waals surface area contributed by atoms with Crippen LogP contribution in [0.4, 0.5) is 0 Å². The van der Waals surface area contributed by atoms with Crippen LogP contribution in [-0.2, 0) is 24.7 Å². The number of amides is 1. The van der Waals surface area contributed by atoms with Crippen LogP contribution >= 0.6 is 11.6 Å². The molecule has 0 radical (unpaired) electrons. The van der Waals surface area contributed by atoms with Gasteiger partial charge in [0.2, 0.25) is 0 Å². The first-order valence-corrected chi connectivity index (χ1v) is 9.47. The van der Waals surface area contributed by atoms with Crippen molar-refractivity contribution in [1.29, 1.82) is 0 Å². The molecule has 3 atom stereocenters. The van der Waals surface area contributed by atoms with E-state index in [0.717, 1.165) is 19.3 Å². The average Bonchev–Trinajstić information content (AvgIpc) is 3.37. The number of rotatable bonds is 5. The molecule has 140 valence electrons. The fraction of sp³-hybridized carbons (Fsp3) is 0.550. The van der Waals surface area contributed by atoms with E-state index in [4.69, 9.17) is 16.3 Å². The summed E-state index contributed by atoms with van der Waals surface area (Å²) in [4.78, 5) is 39.1. The molecule has 0 aromatic heterocycles. The van der Waals surface area contributed by atoms with Crippen LogP contribution in [0.1, 0.15) is 44.6 Å². The van der Waals surface area contributed by atoms with Crippen molar-refractivity contribution in [2.75, 3.05) is 13.7 Å². The lowest BCUT2D eigenvalue weighted by molar-refractivity contribution is -0.158. The van der Waals surface area contributed by atoms with Crippen molar-refractivity contribution in [3.8, 4) is 0 Å². The van der Waals surface area contributed by atoms with Gasteiger partial charge < -0.3 is 9.64 Å². The van der Waals surface area contributed by atoms with Crippen LogP contribution in [0.3, 0.4) is 0 Å². The third-order valence-corrected chi connectivity index (χ3v) is 6.00. The molecule has 0 bridgehead atoms. The predicted octanol–water partition coefficient (Wildman–Crippen LogP) is 3.34. The lowest BCUT2D eigenvalue weighted by Crippen LogP contribution is -2.55. The number of likely N-dealkylation sites (N-methyl/N-ethyl adjacent to an activating group) is 1. The Balaban J connectivity index is 1.82. The van der Waals surface area contributed by atoms with E-state index in [-0.39, 0.29) is 30.2 Å². The third-order valence-electron chi connectivity index (χ3n) is 5.67. The van der Waals surface area contributed by atoms with Gasteiger partial charge in [-0.25, -0.2) is 0 Å². The SMILES string of the molecule is C[C@@H]1C[C@H]1C(=O)OCC(=O)N(C)[C@]1(c2ccccc2Cl)CCCCC1=O. The minimum atomic E-state index is -1.09. The van der Waals surface area contributed by atoms with E-state index in [1.807, 2.05) is 13.0 Å². The Morgan fingerprint density at radius 1 is 1.31 bits per heavy atom. The van der Waals surface area contributed by atoms with Gasteiger partial charge in [-0.2, -0.15) is 0 Å². The number of esters is 1. The highest BCUT2D eigenvalue weighted by molar-refractivity contribution is 6.31. The highest BCUT2D eigenvalue weighted by atomic mass is 35.5. The van der Waals surface area contributed by atoms with E-state index in [9.17, 15) is 14.4 Å². The number of ketones is 1. The summed E-state index contributed by atoms with van der Waals surface area (Å²) in [6.45, 7) is 1.63. The number of carbonyl (C=O) groups excluding carboxylic acids is 3. The topological polar surface area (TPSA) is 63.7 Å². The number of nitrogens with zero attached hydrogens (tertiary/aromatic N) is 1. The summed E-state index contributed by atoms with van der Waals surface area (Å²) in [5, 5.41) is 0.464. The van der Waals surface area contributed by atoms with Crippen molar-refractivity contribution in [3.05, 3.63) is 34.9 Å². The van der Waals surface area contributed by atoms with Gasteiger partial charge in [-0.3, -0.25) is 14.4 Å². The number of Topliss-reactive ketones (excluding diaryl/α,β-unsaturated/α-hetero) is 1. The molecule has 2 fully saturated rings. The molecule has 0 spiro atoms. The molecule has 3 rings (SSSR count). The second-order valence-electron chi connectivity index (χ2n) is 7.35. The summed E-state index contributed by atoms with van der Waals surface area (Å²) in [5.74, 6) is -0.510. The first-order valence-electron chi connectivity index (χ1n) is 9.09. The Labute approximate surface area is 158 Å². The molecule has 0 N–H and O–H groups in total. The Kier molecular flexibility index (Phi) is 5.37. The van der Waals surface area contributed by atoms with Crippen molar-refractivity contribution in [2.24, 2.45) is 11.8 Å². The monoisotopic (exact) mass is 377 g/mol. The zero-order chi connectivity index (χ0) is 18.9. The molecule has 0 heterocycles. The molecule has 2 aliphatic carbocycles. The number of hydrogen-bond acceptors (Lipinski definition) is 4. The number of halogens is 1. The number of hydrogen-bond donors (Lipinski definition) is 0. The van der Waals surface area contributed by atoms with E-state index < -0.39 is 5.54 Å². The van der Waals surface area contributed by atoms with Crippen molar-refractivity contribution < 1.29 is 19.1 Å². The fourth-order valence-electron chi connectivity index (χ4n) is 3.83. The Morgan fingerprint density at radius 3 is 2.62 bits per heavy atom. The van der Waals surface area contributed by atoms with Gasteiger partial charge in [0.15, 0.2) is 12.4 Å². The first-order chi connectivity index (χ1) is 12.4. The number of benzene rings is 1. The van der Waals surface area contributed by atoms with Crippen molar-refractivity contribution in [1.82, 2.24) is 4.90 Å². The molecule has 1 amide bonds. The van der Waals surface area contributed by atoms with Gasteiger partial charge in [-0.15, -0.1) is 0 Å². The van der Waals surface area contributed by atoms with Gasteiger partial charge in [-0.1, -0.05) is 36.7 Å². The molecule has 0 aliphatic heterocycles. The minimum absolute atomic E-state index is 0.0187.